The largest absolute Gasteiger partial charge is 0.0683 e. The first kappa shape index (κ1) is 55.9. The van der Waals surface area contributed by atoms with Crippen LogP contribution >= 0.6 is 23.8 Å². The third-order valence-electron chi connectivity index (χ3n) is 17.1. The van der Waals surface area contributed by atoms with Gasteiger partial charge in [0.2, 0.25) is 0 Å². The minimum absolute atomic E-state index is 0.120. The van der Waals surface area contributed by atoms with Gasteiger partial charge >= 0.3 is 0 Å². The monoisotopic (exact) mass is 1100 g/mol. The van der Waals surface area contributed by atoms with E-state index >= 15 is 0 Å². The summed E-state index contributed by atoms with van der Waals surface area (Å²) in [7, 11) is -1.82. The SMILES string of the molecule is CC(C)c1cc(C(C)C)c(-c2ccccc2P(C2CCCCC2)C2CCCCC2)c(C(C)C)c1.c1ccc(P(c2ccccc2)c2ccc3ccccc3c2-c2c(P(c3ccccc3)c3ccccc3)ccc3ccccc23)cc1. The van der Waals surface area contributed by atoms with E-state index in [4.69, 9.17) is 0 Å². The molecule has 0 atom stereocenters. The Morgan fingerprint density at radius 2 is 0.662 bits per heavy atom. The van der Waals surface area contributed by atoms with Crippen molar-refractivity contribution in [1.29, 1.82) is 0 Å². The summed E-state index contributed by atoms with van der Waals surface area (Å²) in [6, 6.07) is 86.7. The molecule has 0 radical (unpaired) electrons. The van der Waals surface area contributed by atoms with Crippen LogP contribution in [0.25, 0.3) is 43.8 Å². The molecule has 2 saturated carbocycles. The van der Waals surface area contributed by atoms with Crippen LogP contribution in [-0.2, 0) is 0 Å². The van der Waals surface area contributed by atoms with E-state index in [0.29, 0.717) is 17.8 Å². The van der Waals surface area contributed by atoms with E-state index in [2.05, 4.69) is 272 Å². The third-order valence-corrected chi connectivity index (χ3v) is 25.6. The molecule has 0 N–H and O–H groups in total. The lowest BCUT2D eigenvalue weighted by molar-refractivity contribution is 0.487. The quantitative estimate of drug-likeness (QED) is 0.0952. The molecule has 0 aromatic heterocycles. The first-order chi connectivity index (χ1) is 39.2. The summed E-state index contributed by atoms with van der Waals surface area (Å²) < 4.78 is 0. The zero-order valence-electron chi connectivity index (χ0n) is 48.2. The average molecular weight is 1100 g/mol. The predicted molar refractivity (Wildman–Crippen MR) is 359 cm³/mol. The van der Waals surface area contributed by atoms with Crippen LogP contribution in [0.2, 0.25) is 0 Å². The Morgan fingerprint density at radius 3 is 1.04 bits per heavy atom. The second-order valence-corrected chi connectivity index (χ2v) is 30.5. The molecule has 0 nitrogen and oxygen atoms in total. The van der Waals surface area contributed by atoms with E-state index in [1.807, 2.05) is 0 Å². The van der Waals surface area contributed by atoms with Crippen LogP contribution < -0.4 is 37.1 Å². The van der Waals surface area contributed by atoms with Gasteiger partial charge in [-0.05, 0) is 168 Å². The maximum atomic E-state index is 2.56. The van der Waals surface area contributed by atoms with Crippen LogP contribution in [0.4, 0.5) is 0 Å². The zero-order chi connectivity index (χ0) is 55.0. The van der Waals surface area contributed by atoms with E-state index in [9.17, 15) is 0 Å². The minimum atomic E-state index is -0.852. The number of benzene rings is 10. The Morgan fingerprint density at radius 1 is 0.312 bits per heavy atom. The van der Waals surface area contributed by atoms with Crippen LogP contribution in [0.5, 0.6) is 0 Å². The van der Waals surface area contributed by atoms with Crippen molar-refractivity contribution in [2.75, 3.05) is 0 Å². The van der Waals surface area contributed by atoms with Crippen molar-refractivity contribution in [2.45, 2.75) is 135 Å². The van der Waals surface area contributed by atoms with Crippen molar-refractivity contribution in [3.63, 3.8) is 0 Å². The van der Waals surface area contributed by atoms with E-state index in [-0.39, 0.29) is 7.92 Å². The molecule has 3 heteroatoms. The molecule has 0 unspecified atom stereocenters. The van der Waals surface area contributed by atoms with Crippen molar-refractivity contribution in [3.05, 3.63) is 247 Å². The van der Waals surface area contributed by atoms with Gasteiger partial charge in [-0.25, -0.2) is 0 Å². The van der Waals surface area contributed by atoms with Crippen LogP contribution in [0.3, 0.4) is 0 Å². The van der Waals surface area contributed by atoms with Gasteiger partial charge < -0.3 is 0 Å². The molecule has 0 bridgehead atoms. The summed E-state index contributed by atoms with van der Waals surface area (Å²) in [5, 5.41) is 15.1. The maximum Gasteiger partial charge on any atom is -0.000884 e. The highest BCUT2D eigenvalue weighted by Gasteiger charge is 2.35. The van der Waals surface area contributed by atoms with Crippen LogP contribution in [0, 0.1) is 0 Å². The Hall–Kier alpha value is -5.99. The fourth-order valence-corrected chi connectivity index (χ4v) is 22.1. The Bertz CT molecular complexity index is 3320. The fourth-order valence-electron chi connectivity index (χ4n) is 13.2. The Balaban J connectivity index is 0.000000177. The average Bonchev–Trinajstić information content (AvgIpc) is 3.52. The molecule has 0 spiro atoms. The standard InChI is InChI=1S/C44H32P2.C33H49P/c1-5-19-35(20-6-1)45(36-21-7-2-8-22-36)41-31-29-33-17-13-15-27-39(33)43(41)44-40-28-16-14-18-34(40)30-32-42(44)46(37-23-9-3-10-24-37)38-25-11-4-12-26-38;1-23(2)26-21-30(24(3)4)33(31(22-26)25(5)6)29-19-13-14-20-32(29)34(27-15-9-7-10-16-27)28-17-11-8-12-18-28/h1-32H;13-14,19-25,27-28H,7-12,15-18H2,1-6H3. The minimum Gasteiger partial charge on any atom is -0.0683 e. The lowest BCUT2D eigenvalue weighted by Crippen LogP contribution is -2.27. The Kier molecular flexibility index (Phi) is 18.4. The summed E-state index contributed by atoms with van der Waals surface area (Å²) in [6.07, 6.45) is 14.6. The molecule has 10 aromatic carbocycles. The normalized spacial score (nSPS) is 14.4. The summed E-state index contributed by atoms with van der Waals surface area (Å²) in [6.45, 7) is 14.3. The van der Waals surface area contributed by atoms with Crippen molar-refractivity contribution < 1.29 is 0 Å². The molecule has 2 aliphatic carbocycles. The summed E-state index contributed by atoms with van der Waals surface area (Å²) in [5.74, 6) is 1.64. The van der Waals surface area contributed by atoms with Crippen LogP contribution in [-0.4, -0.2) is 11.3 Å². The summed E-state index contributed by atoms with van der Waals surface area (Å²) in [4.78, 5) is 0. The molecule has 2 fully saturated rings. The molecule has 404 valence electrons. The molecular formula is C77H81P3. The highest BCUT2D eigenvalue weighted by molar-refractivity contribution is 7.81. The topological polar surface area (TPSA) is 0 Å². The molecule has 0 aliphatic heterocycles. The van der Waals surface area contributed by atoms with Gasteiger partial charge in [0.1, 0.15) is 0 Å². The van der Waals surface area contributed by atoms with Gasteiger partial charge in [-0.2, -0.15) is 0 Å². The van der Waals surface area contributed by atoms with E-state index in [1.165, 1.54) is 134 Å². The van der Waals surface area contributed by atoms with Gasteiger partial charge in [0.25, 0.3) is 0 Å². The number of hydrogen-bond donors (Lipinski definition) is 0. The summed E-state index contributed by atoms with van der Waals surface area (Å²) in [5.41, 5.74) is 12.4. The molecular weight excluding hydrogens is 1020 g/mol. The number of rotatable bonds is 14. The van der Waals surface area contributed by atoms with Gasteiger partial charge in [0, 0.05) is 0 Å². The van der Waals surface area contributed by atoms with Crippen molar-refractivity contribution in [2.24, 2.45) is 0 Å². The van der Waals surface area contributed by atoms with Gasteiger partial charge in [-0.1, -0.05) is 319 Å². The van der Waals surface area contributed by atoms with Gasteiger partial charge in [-0.3, -0.25) is 0 Å². The second-order valence-electron chi connectivity index (χ2n) is 23.4. The molecule has 0 amide bonds. The molecule has 10 aromatic rings. The maximum absolute atomic E-state index is 2.56. The first-order valence-electron chi connectivity index (χ1n) is 30.1. The Labute approximate surface area is 483 Å². The molecule has 80 heavy (non-hydrogen) atoms. The van der Waals surface area contributed by atoms with E-state index in [1.54, 1.807) is 27.6 Å². The van der Waals surface area contributed by atoms with Crippen molar-refractivity contribution in [1.82, 2.24) is 0 Å². The predicted octanol–water partition coefficient (Wildman–Crippen LogP) is 19.7. The molecule has 0 heterocycles. The summed E-state index contributed by atoms with van der Waals surface area (Å²) >= 11 is 0. The van der Waals surface area contributed by atoms with Gasteiger partial charge in [0.15, 0.2) is 0 Å². The van der Waals surface area contributed by atoms with E-state index < -0.39 is 15.8 Å². The number of hydrogen-bond acceptors (Lipinski definition) is 0. The van der Waals surface area contributed by atoms with Gasteiger partial charge in [-0.15, -0.1) is 0 Å². The van der Waals surface area contributed by atoms with Crippen molar-refractivity contribution in [3.8, 4) is 22.3 Å². The van der Waals surface area contributed by atoms with Gasteiger partial charge in [0.05, 0.1) is 0 Å². The first-order valence-corrected chi connectivity index (χ1v) is 34.3. The lowest BCUT2D eigenvalue weighted by Gasteiger charge is -2.40. The highest BCUT2D eigenvalue weighted by Crippen LogP contribution is 2.57. The molecule has 2 aliphatic rings. The fraction of sp³-hybridized carbons (Fsp3) is 0.273. The third kappa shape index (κ3) is 12.1. The molecule has 12 rings (SSSR count). The lowest BCUT2D eigenvalue weighted by atomic mass is 9.82. The van der Waals surface area contributed by atoms with Crippen LogP contribution in [0.1, 0.15) is 140 Å². The second kappa shape index (κ2) is 26.3. The zero-order valence-corrected chi connectivity index (χ0v) is 50.9. The van der Waals surface area contributed by atoms with E-state index in [0.717, 1.165) is 11.3 Å². The van der Waals surface area contributed by atoms with Crippen molar-refractivity contribution >= 4 is 82.4 Å². The highest BCUT2D eigenvalue weighted by atomic mass is 31.1. The van der Waals surface area contributed by atoms with Crippen LogP contribution in [0.15, 0.2) is 231 Å². The smallest absolute Gasteiger partial charge is 0.000884 e. The molecule has 0 saturated heterocycles. The number of fused-ring (bicyclic) bond motifs is 2.